The molecule has 1 aromatic carbocycles. The van der Waals surface area contributed by atoms with Crippen LogP contribution in [0.4, 0.5) is 0 Å². The van der Waals surface area contributed by atoms with Crippen molar-refractivity contribution in [1.82, 2.24) is 15.1 Å². The molecule has 0 saturated heterocycles. The number of hydrogen-bond donors (Lipinski definition) is 0. The first kappa shape index (κ1) is 16.8. The molecule has 3 rings (SSSR count). The number of aryl methyl sites for hydroxylation is 2. The van der Waals surface area contributed by atoms with Gasteiger partial charge in [0, 0.05) is 5.69 Å². The summed E-state index contributed by atoms with van der Waals surface area (Å²) in [6.07, 6.45) is 3.33. The lowest BCUT2D eigenvalue weighted by Gasteiger charge is -2.03. The Morgan fingerprint density at radius 2 is 1.88 bits per heavy atom. The fourth-order valence-corrected chi connectivity index (χ4v) is 2.45. The van der Waals surface area contributed by atoms with Crippen LogP contribution in [0.1, 0.15) is 34.4 Å². The highest BCUT2D eigenvalue weighted by molar-refractivity contribution is 5.94. The second-order valence-electron chi connectivity index (χ2n) is 5.55. The molecule has 0 unspecified atom stereocenters. The molecule has 128 valence electrons. The van der Waals surface area contributed by atoms with Crippen LogP contribution in [0, 0.1) is 0 Å². The lowest BCUT2D eigenvalue weighted by Crippen LogP contribution is -2.06. The average Bonchev–Trinajstić information content (AvgIpc) is 3.10. The number of benzene rings is 1. The Bertz CT molecular complexity index is 831. The van der Waals surface area contributed by atoms with Gasteiger partial charge >= 0.3 is 0 Å². The first-order valence-corrected chi connectivity index (χ1v) is 8.21. The molecule has 0 aliphatic carbocycles. The Morgan fingerprint density at radius 1 is 1.08 bits per heavy atom. The van der Waals surface area contributed by atoms with E-state index in [1.54, 1.807) is 0 Å². The van der Waals surface area contributed by atoms with Gasteiger partial charge in [-0.1, -0.05) is 30.3 Å². The number of hydrogen-bond acceptors (Lipinski definition) is 6. The van der Waals surface area contributed by atoms with Gasteiger partial charge in [-0.2, -0.15) is 0 Å². The molecule has 2 aromatic heterocycles. The molecule has 3 aromatic rings. The van der Waals surface area contributed by atoms with Gasteiger partial charge in [-0.15, -0.1) is 0 Å². The minimum atomic E-state index is -0.189. The highest BCUT2D eigenvalue weighted by Gasteiger charge is 2.15. The van der Waals surface area contributed by atoms with E-state index in [-0.39, 0.29) is 18.0 Å². The Kier molecular flexibility index (Phi) is 5.51. The van der Waals surface area contributed by atoms with Crippen molar-refractivity contribution in [1.29, 1.82) is 0 Å². The molecule has 0 radical (unpaired) electrons. The van der Waals surface area contributed by atoms with Gasteiger partial charge < -0.3 is 9.26 Å². The summed E-state index contributed by atoms with van der Waals surface area (Å²) in [4.78, 5) is 20.7. The Balaban J connectivity index is 1.61. The number of carbonyl (C=O) groups excluding carboxylic acids is 1. The van der Waals surface area contributed by atoms with Crippen LogP contribution in [-0.2, 0) is 19.3 Å². The highest BCUT2D eigenvalue weighted by Crippen LogP contribution is 2.14. The van der Waals surface area contributed by atoms with Crippen molar-refractivity contribution < 1.29 is 14.1 Å². The van der Waals surface area contributed by atoms with Crippen molar-refractivity contribution in [2.75, 3.05) is 6.61 Å². The molecule has 0 atom stereocenters. The minimum absolute atomic E-state index is 0.140. The van der Waals surface area contributed by atoms with E-state index in [4.69, 9.17) is 9.26 Å². The van der Waals surface area contributed by atoms with Gasteiger partial charge in [0.1, 0.15) is 6.33 Å². The Hall–Kier alpha value is -3.02. The van der Waals surface area contributed by atoms with E-state index in [1.807, 2.05) is 31.2 Å². The summed E-state index contributed by atoms with van der Waals surface area (Å²) in [7, 11) is 0. The number of carbonyl (C=O) groups is 1. The van der Waals surface area contributed by atoms with Gasteiger partial charge in [-0.3, -0.25) is 4.79 Å². The Morgan fingerprint density at radius 3 is 2.68 bits per heavy atom. The smallest absolute Gasteiger partial charge is 0.254 e. The second-order valence-corrected chi connectivity index (χ2v) is 5.55. The standard InChI is InChI=1S/C19H19N3O3/c1-2-24-19-12-18(25-22-19)17(23)11-16-10-15(20-13-21-16)9-8-14-6-4-3-5-7-14/h3-7,10,12-13H,2,8-9,11H2,1H3. The zero-order chi connectivity index (χ0) is 17.5. The fraction of sp³-hybridized carbons (Fsp3) is 0.263. The molecule has 0 N–H and O–H groups in total. The van der Waals surface area contributed by atoms with Gasteiger partial charge in [0.25, 0.3) is 5.88 Å². The summed E-state index contributed by atoms with van der Waals surface area (Å²) in [5, 5.41) is 3.70. The molecule has 6 heteroatoms. The predicted molar refractivity (Wildman–Crippen MR) is 91.6 cm³/mol. The normalized spacial score (nSPS) is 10.6. The van der Waals surface area contributed by atoms with Crippen molar-refractivity contribution in [2.24, 2.45) is 0 Å². The van der Waals surface area contributed by atoms with Crippen LogP contribution in [0.3, 0.4) is 0 Å². The summed E-state index contributed by atoms with van der Waals surface area (Å²) < 4.78 is 10.2. The number of Topliss-reactive ketones (excluding diaryl/α,β-unsaturated/α-hetero) is 1. The molecule has 0 fully saturated rings. The number of nitrogens with zero attached hydrogens (tertiary/aromatic N) is 3. The van der Waals surface area contributed by atoms with Gasteiger partial charge in [-0.25, -0.2) is 9.97 Å². The molecule has 0 saturated carbocycles. The largest absolute Gasteiger partial charge is 0.476 e. The van der Waals surface area contributed by atoms with E-state index in [2.05, 4.69) is 27.3 Å². The SMILES string of the molecule is CCOc1cc(C(=O)Cc2cc(CCc3ccccc3)ncn2)on1. The van der Waals surface area contributed by atoms with Crippen molar-refractivity contribution >= 4 is 5.78 Å². The summed E-state index contributed by atoms with van der Waals surface area (Å²) in [6, 6.07) is 13.6. The van der Waals surface area contributed by atoms with E-state index in [0.717, 1.165) is 18.5 Å². The van der Waals surface area contributed by atoms with E-state index in [0.29, 0.717) is 18.2 Å². The predicted octanol–water partition coefficient (Wildman–Crippen LogP) is 3.07. The van der Waals surface area contributed by atoms with E-state index < -0.39 is 0 Å². The summed E-state index contributed by atoms with van der Waals surface area (Å²) >= 11 is 0. The maximum Gasteiger partial charge on any atom is 0.254 e. The third kappa shape index (κ3) is 4.73. The summed E-state index contributed by atoms with van der Waals surface area (Å²) in [5.41, 5.74) is 2.83. The van der Waals surface area contributed by atoms with Crippen molar-refractivity contribution in [3.05, 3.63) is 71.5 Å². The topological polar surface area (TPSA) is 78.1 Å². The van der Waals surface area contributed by atoms with E-state index in [1.165, 1.54) is 18.0 Å². The van der Waals surface area contributed by atoms with Crippen LogP contribution >= 0.6 is 0 Å². The average molecular weight is 337 g/mol. The number of ketones is 1. The van der Waals surface area contributed by atoms with Crippen LogP contribution in [0.15, 0.2) is 53.3 Å². The van der Waals surface area contributed by atoms with Gasteiger partial charge in [0.2, 0.25) is 11.5 Å². The van der Waals surface area contributed by atoms with Crippen molar-refractivity contribution in [2.45, 2.75) is 26.2 Å². The summed E-state index contributed by atoms with van der Waals surface area (Å²) in [5.74, 6) is 0.302. The molecule has 2 heterocycles. The fourth-order valence-electron chi connectivity index (χ4n) is 2.45. The first-order chi connectivity index (χ1) is 12.2. The number of rotatable bonds is 8. The van der Waals surface area contributed by atoms with Gasteiger partial charge in [-0.05, 0) is 36.6 Å². The zero-order valence-electron chi connectivity index (χ0n) is 14.0. The molecule has 6 nitrogen and oxygen atoms in total. The van der Waals surface area contributed by atoms with Crippen LogP contribution < -0.4 is 4.74 Å². The molecular formula is C19H19N3O3. The van der Waals surface area contributed by atoms with Crippen molar-refractivity contribution in [3.63, 3.8) is 0 Å². The lowest BCUT2D eigenvalue weighted by molar-refractivity contribution is 0.0956. The quantitative estimate of drug-likeness (QED) is 0.588. The van der Waals surface area contributed by atoms with E-state index >= 15 is 0 Å². The monoisotopic (exact) mass is 337 g/mol. The Labute approximate surface area is 145 Å². The number of aromatic nitrogens is 3. The third-order valence-corrected chi connectivity index (χ3v) is 3.69. The number of ether oxygens (including phenoxy) is 1. The van der Waals surface area contributed by atoms with Crippen molar-refractivity contribution in [3.8, 4) is 5.88 Å². The first-order valence-electron chi connectivity index (χ1n) is 8.21. The zero-order valence-corrected chi connectivity index (χ0v) is 14.0. The molecule has 0 amide bonds. The molecule has 0 aliphatic rings. The van der Waals surface area contributed by atoms with Crippen LogP contribution in [0.25, 0.3) is 0 Å². The lowest BCUT2D eigenvalue weighted by atomic mass is 10.1. The van der Waals surface area contributed by atoms with Crippen LogP contribution in [-0.4, -0.2) is 27.5 Å². The third-order valence-electron chi connectivity index (χ3n) is 3.69. The molecule has 0 spiro atoms. The second kappa shape index (κ2) is 8.19. The van der Waals surface area contributed by atoms with Gasteiger partial charge in [0.05, 0.1) is 24.8 Å². The van der Waals surface area contributed by atoms with Gasteiger partial charge in [0.15, 0.2) is 0 Å². The van der Waals surface area contributed by atoms with Crippen LogP contribution in [0.2, 0.25) is 0 Å². The minimum Gasteiger partial charge on any atom is -0.476 e. The molecule has 0 aliphatic heterocycles. The maximum atomic E-state index is 12.3. The maximum absolute atomic E-state index is 12.3. The van der Waals surface area contributed by atoms with Crippen LogP contribution in [0.5, 0.6) is 5.88 Å². The molecular weight excluding hydrogens is 318 g/mol. The summed E-state index contributed by atoms with van der Waals surface area (Å²) in [6.45, 7) is 2.31. The highest BCUT2D eigenvalue weighted by atomic mass is 16.5. The molecule has 25 heavy (non-hydrogen) atoms. The van der Waals surface area contributed by atoms with E-state index in [9.17, 15) is 4.79 Å². The molecule has 0 bridgehead atoms.